The second kappa shape index (κ2) is 9.15. The Morgan fingerprint density at radius 3 is 2.68 bits per heavy atom. The molecule has 108 valence electrons. The van der Waals surface area contributed by atoms with E-state index in [1.807, 2.05) is 11.8 Å². The summed E-state index contributed by atoms with van der Waals surface area (Å²) in [4.78, 5) is 14.0. The summed E-state index contributed by atoms with van der Waals surface area (Å²) in [5.74, 6) is 0.453. The van der Waals surface area contributed by atoms with Gasteiger partial charge in [-0.3, -0.25) is 9.69 Å². The first-order valence-corrected chi connectivity index (χ1v) is 6.20. The molecule has 1 aromatic carbocycles. The second-order valence-electron chi connectivity index (χ2n) is 3.86. The molecule has 1 N–H and O–H groups in total. The standard InChI is InChI=1S/C13H18ClNO3.ClH/c1-3-15(6-7-16)9-12(17)11-8-10(14)4-5-13(11)18-2;/h4-5,8,16H,3,6-7,9H2,1-2H3;1H. The molecule has 0 atom stereocenters. The molecule has 1 aromatic rings. The quantitative estimate of drug-likeness (QED) is 0.785. The molecule has 0 radical (unpaired) electrons. The molecule has 4 nitrogen and oxygen atoms in total. The smallest absolute Gasteiger partial charge is 0.180 e. The van der Waals surface area contributed by atoms with Crippen LogP contribution in [-0.2, 0) is 0 Å². The van der Waals surface area contributed by atoms with Gasteiger partial charge in [-0.05, 0) is 24.7 Å². The molecule has 0 amide bonds. The Labute approximate surface area is 124 Å². The number of likely N-dealkylation sites (N-methyl/N-ethyl adjacent to an activating group) is 1. The molecule has 0 aliphatic rings. The number of ketones is 1. The van der Waals surface area contributed by atoms with Crippen LogP contribution in [0.4, 0.5) is 0 Å². The molecule has 0 aliphatic heterocycles. The summed E-state index contributed by atoms with van der Waals surface area (Å²) >= 11 is 5.89. The summed E-state index contributed by atoms with van der Waals surface area (Å²) in [5, 5.41) is 9.40. The number of carbonyl (C=O) groups is 1. The third kappa shape index (κ3) is 5.37. The van der Waals surface area contributed by atoms with Crippen molar-refractivity contribution in [3.05, 3.63) is 28.8 Å². The van der Waals surface area contributed by atoms with Gasteiger partial charge in [0.1, 0.15) is 5.75 Å². The van der Waals surface area contributed by atoms with Gasteiger partial charge in [-0.15, -0.1) is 12.4 Å². The molecule has 0 fully saturated rings. The van der Waals surface area contributed by atoms with Gasteiger partial charge in [0.2, 0.25) is 0 Å². The van der Waals surface area contributed by atoms with E-state index >= 15 is 0 Å². The van der Waals surface area contributed by atoms with Gasteiger partial charge in [-0.1, -0.05) is 18.5 Å². The lowest BCUT2D eigenvalue weighted by atomic mass is 10.1. The molecule has 19 heavy (non-hydrogen) atoms. The van der Waals surface area contributed by atoms with Crippen molar-refractivity contribution in [2.24, 2.45) is 0 Å². The number of rotatable bonds is 7. The molecule has 0 unspecified atom stereocenters. The number of hydrogen-bond donors (Lipinski definition) is 1. The number of nitrogens with zero attached hydrogens (tertiary/aromatic N) is 1. The maximum atomic E-state index is 12.2. The van der Waals surface area contributed by atoms with Crippen molar-refractivity contribution >= 4 is 29.8 Å². The van der Waals surface area contributed by atoms with Crippen molar-refractivity contribution in [1.82, 2.24) is 4.90 Å². The number of aliphatic hydroxyl groups excluding tert-OH is 1. The van der Waals surface area contributed by atoms with E-state index in [0.29, 0.717) is 29.4 Å². The molecule has 0 saturated carbocycles. The van der Waals surface area contributed by atoms with E-state index in [2.05, 4.69) is 0 Å². The van der Waals surface area contributed by atoms with E-state index < -0.39 is 0 Å². The molecule has 0 bridgehead atoms. The average Bonchev–Trinajstić information content (AvgIpc) is 2.38. The second-order valence-corrected chi connectivity index (χ2v) is 4.30. The molecule has 6 heteroatoms. The lowest BCUT2D eigenvalue weighted by Gasteiger charge is -2.18. The fraction of sp³-hybridized carbons (Fsp3) is 0.462. The molecular formula is C13H19Cl2NO3. The first-order chi connectivity index (χ1) is 8.62. The fourth-order valence-electron chi connectivity index (χ4n) is 1.68. The molecule has 0 saturated heterocycles. The molecule has 1 rings (SSSR count). The molecule has 0 spiro atoms. The van der Waals surface area contributed by atoms with Gasteiger partial charge in [-0.2, -0.15) is 0 Å². The van der Waals surface area contributed by atoms with Gasteiger partial charge in [0.15, 0.2) is 5.78 Å². The van der Waals surface area contributed by atoms with Gasteiger partial charge in [-0.25, -0.2) is 0 Å². The summed E-state index contributed by atoms with van der Waals surface area (Å²) in [6.45, 7) is 3.40. The highest BCUT2D eigenvalue weighted by molar-refractivity contribution is 6.31. The third-order valence-corrected chi connectivity index (χ3v) is 2.93. The molecule has 0 aromatic heterocycles. The van der Waals surface area contributed by atoms with E-state index in [1.165, 1.54) is 7.11 Å². The monoisotopic (exact) mass is 307 g/mol. The summed E-state index contributed by atoms with van der Waals surface area (Å²) in [6.07, 6.45) is 0. The van der Waals surface area contributed by atoms with E-state index in [1.54, 1.807) is 18.2 Å². The van der Waals surface area contributed by atoms with Crippen molar-refractivity contribution < 1.29 is 14.6 Å². The number of hydrogen-bond acceptors (Lipinski definition) is 4. The molecule has 0 aliphatic carbocycles. The summed E-state index contributed by atoms with van der Waals surface area (Å²) in [5.41, 5.74) is 0.474. The largest absolute Gasteiger partial charge is 0.496 e. The number of aliphatic hydroxyl groups is 1. The van der Waals surface area contributed by atoms with Crippen LogP contribution in [0.5, 0.6) is 5.75 Å². The first kappa shape index (κ1) is 18.2. The third-order valence-electron chi connectivity index (χ3n) is 2.69. The van der Waals surface area contributed by atoms with Crippen LogP contribution in [0.25, 0.3) is 0 Å². The van der Waals surface area contributed by atoms with Crippen molar-refractivity contribution in [3.8, 4) is 5.75 Å². The fourth-order valence-corrected chi connectivity index (χ4v) is 1.85. The highest BCUT2D eigenvalue weighted by Crippen LogP contribution is 2.23. The zero-order chi connectivity index (χ0) is 13.5. The number of Topliss-reactive ketones (excluding diaryl/α,β-unsaturated/α-hetero) is 1. The van der Waals surface area contributed by atoms with Crippen LogP contribution in [-0.4, -0.2) is 49.1 Å². The predicted octanol–water partition coefficient (Wildman–Crippen LogP) is 2.27. The summed E-state index contributed by atoms with van der Waals surface area (Å²) in [7, 11) is 1.52. The molecular weight excluding hydrogens is 289 g/mol. The van der Waals surface area contributed by atoms with Crippen molar-refractivity contribution in [1.29, 1.82) is 0 Å². The van der Waals surface area contributed by atoms with Crippen LogP contribution in [0.2, 0.25) is 5.02 Å². The van der Waals surface area contributed by atoms with Crippen molar-refractivity contribution in [2.45, 2.75) is 6.92 Å². The van der Waals surface area contributed by atoms with Gasteiger partial charge in [0.05, 0.1) is 25.8 Å². The SMILES string of the molecule is CCN(CCO)CC(=O)c1cc(Cl)ccc1OC.Cl. The Kier molecular flexibility index (Phi) is 8.76. The first-order valence-electron chi connectivity index (χ1n) is 5.82. The minimum absolute atomic E-state index is 0. The van der Waals surface area contributed by atoms with Gasteiger partial charge in [0.25, 0.3) is 0 Å². The van der Waals surface area contributed by atoms with Crippen LogP contribution >= 0.6 is 24.0 Å². The predicted molar refractivity (Wildman–Crippen MR) is 78.8 cm³/mol. The van der Waals surface area contributed by atoms with Gasteiger partial charge < -0.3 is 9.84 Å². The number of halogens is 2. The zero-order valence-corrected chi connectivity index (χ0v) is 12.6. The maximum absolute atomic E-state index is 12.2. The van der Waals surface area contributed by atoms with Crippen LogP contribution in [0.3, 0.4) is 0 Å². The highest BCUT2D eigenvalue weighted by atomic mass is 35.5. The van der Waals surface area contributed by atoms with Gasteiger partial charge >= 0.3 is 0 Å². The van der Waals surface area contributed by atoms with Gasteiger partial charge in [0, 0.05) is 11.6 Å². The number of ether oxygens (including phenoxy) is 1. The minimum Gasteiger partial charge on any atom is -0.496 e. The van der Waals surface area contributed by atoms with Crippen molar-refractivity contribution in [3.63, 3.8) is 0 Å². The Hall–Kier alpha value is -0.810. The minimum atomic E-state index is -0.0651. The Morgan fingerprint density at radius 2 is 2.16 bits per heavy atom. The van der Waals surface area contributed by atoms with E-state index in [-0.39, 0.29) is 31.3 Å². The van der Waals surface area contributed by atoms with Crippen molar-refractivity contribution in [2.75, 3.05) is 33.4 Å². The highest BCUT2D eigenvalue weighted by Gasteiger charge is 2.15. The summed E-state index contributed by atoms with van der Waals surface area (Å²) in [6, 6.07) is 4.97. The van der Waals surface area contributed by atoms with Crippen LogP contribution in [0.1, 0.15) is 17.3 Å². The number of carbonyl (C=O) groups excluding carboxylic acids is 1. The Morgan fingerprint density at radius 1 is 1.47 bits per heavy atom. The number of benzene rings is 1. The zero-order valence-electron chi connectivity index (χ0n) is 11.1. The maximum Gasteiger partial charge on any atom is 0.180 e. The van der Waals surface area contributed by atoms with E-state index in [4.69, 9.17) is 21.4 Å². The van der Waals surface area contributed by atoms with E-state index in [9.17, 15) is 4.79 Å². The average molecular weight is 308 g/mol. The van der Waals surface area contributed by atoms with Crippen LogP contribution in [0, 0.1) is 0 Å². The topological polar surface area (TPSA) is 49.8 Å². The summed E-state index contributed by atoms with van der Waals surface area (Å²) < 4.78 is 5.15. The lowest BCUT2D eigenvalue weighted by Crippen LogP contribution is -2.32. The van der Waals surface area contributed by atoms with Crippen LogP contribution in [0.15, 0.2) is 18.2 Å². The Balaban J connectivity index is 0.00000324. The number of methoxy groups -OCH3 is 1. The molecule has 0 heterocycles. The lowest BCUT2D eigenvalue weighted by molar-refractivity contribution is 0.0916. The van der Waals surface area contributed by atoms with E-state index in [0.717, 1.165) is 0 Å². The van der Waals surface area contributed by atoms with Crippen LogP contribution < -0.4 is 4.74 Å². The normalized spacial score (nSPS) is 10.2. The Bertz CT molecular complexity index is 413.